The Morgan fingerprint density at radius 3 is 2.07 bits per heavy atom. The van der Waals surface area contributed by atoms with Crippen molar-refractivity contribution in [3.8, 4) is 0 Å². The lowest BCUT2D eigenvalue weighted by Crippen LogP contribution is -2.58. The number of amides is 3. The molecule has 0 bridgehead atoms. The van der Waals surface area contributed by atoms with Gasteiger partial charge < -0.3 is 16.0 Å². The Morgan fingerprint density at radius 1 is 0.900 bits per heavy atom. The molecule has 5 nitrogen and oxygen atoms in total. The van der Waals surface area contributed by atoms with Crippen LogP contribution in [0.1, 0.15) is 69.4 Å². The molecule has 30 heavy (non-hydrogen) atoms. The van der Waals surface area contributed by atoms with Gasteiger partial charge in [-0.3, -0.25) is 4.79 Å². The molecule has 0 aromatic heterocycles. The van der Waals surface area contributed by atoms with Crippen LogP contribution < -0.4 is 16.0 Å². The summed E-state index contributed by atoms with van der Waals surface area (Å²) in [6.45, 7) is 6.36. The Morgan fingerprint density at radius 2 is 1.47 bits per heavy atom. The van der Waals surface area contributed by atoms with E-state index >= 15 is 0 Å². The number of carbonyl (C=O) groups excluding carboxylic acids is 2. The predicted molar refractivity (Wildman–Crippen MR) is 123 cm³/mol. The monoisotopic (exact) mass is 407 g/mol. The zero-order chi connectivity index (χ0) is 21.6. The third kappa shape index (κ3) is 5.41. The fourth-order valence-electron chi connectivity index (χ4n) is 3.96. The highest BCUT2D eigenvalue weighted by atomic mass is 16.2. The normalized spacial score (nSPS) is 16.4. The van der Waals surface area contributed by atoms with Crippen molar-refractivity contribution in [1.82, 2.24) is 5.32 Å². The lowest BCUT2D eigenvalue weighted by Gasteiger charge is -2.36. The van der Waals surface area contributed by atoms with Crippen LogP contribution in [0.3, 0.4) is 0 Å². The minimum absolute atomic E-state index is 0.141. The van der Waals surface area contributed by atoms with E-state index in [1.165, 1.54) is 5.56 Å². The van der Waals surface area contributed by atoms with Crippen LogP contribution in [0.2, 0.25) is 0 Å². The smallest absolute Gasteiger partial charge is 0.320 e. The van der Waals surface area contributed by atoms with Crippen LogP contribution in [0.5, 0.6) is 0 Å². The van der Waals surface area contributed by atoms with Gasteiger partial charge in [0.1, 0.15) is 5.54 Å². The summed E-state index contributed by atoms with van der Waals surface area (Å²) in [7, 11) is 0. The first kappa shape index (κ1) is 21.9. The minimum Gasteiger partial charge on any atom is -0.324 e. The van der Waals surface area contributed by atoms with Crippen LogP contribution in [0.4, 0.5) is 16.2 Å². The topological polar surface area (TPSA) is 70.2 Å². The van der Waals surface area contributed by atoms with Gasteiger partial charge in [0.15, 0.2) is 0 Å². The van der Waals surface area contributed by atoms with Gasteiger partial charge in [-0.25, -0.2) is 4.79 Å². The molecule has 0 spiro atoms. The van der Waals surface area contributed by atoms with E-state index in [0.717, 1.165) is 36.9 Å². The van der Waals surface area contributed by atoms with Crippen LogP contribution in [-0.4, -0.2) is 17.5 Å². The molecule has 0 saturated heterocycles. The first-order valence-electron chi connectivity index (χ1n) is 11.0. The Balaban J connectivity index is 1.69. The van der Waals surface area contributed by atoms with E-state index in [9.17, 15) is 9.59 Å². The fraction of sp³-hybridized carbons (Fsp3) is 0.440. The number of anilines is 2. The van der Waals surface area contributed by atoms with Crippen LogP contribution in [0.15, 0.2) is 48.5 Å². The molecule has 0 heterocycles. The summed E-state index contributed by atoms with van der Waals surface area (Å²) in [5.74, 6) is 0.351. The molecule has 1 atom stereocenters. The molecule has 2 aromatic rings. The van der Waals surface area contributed by atoms with Crippen molar-refractivity contribution in [2.45, 2.75) is 70.8 Å². The molecule has 1 saturated carbocycles. The average Bonchev–Trinajstić information content (AvgIpc) is 2.76. The van der Waals surface area contributed by atoms with E-state index in [1.807, 2.05) is 43.3 Å². The fourth-order valence-corrected chi connectivity index (χ4v) is 3.96. The van der Waals surface area contributed by atoms with Gasteiger partial charge in [-0.1, -0.05) is 62.9 Å². The molecule has 1 aliphatic rings. The molecule has 1 aliphatic carbocycles. The second kappa shape index (κ2) is 9.79. The Labute approximate surface area is 179 Å². The molecule has 2 aromatic carbocycles. The van der Waals surface area contributed by atoms with Crippen LogP contribution >= 0.6 is 0 Å². The van der Waals surface area contributed by atoms with Gasteiger partial charge in [0.25, 0.3) is 0 Å². The van der Waals surface area contributed by atoms with Crippen molar-refractivity contribution in [3.63, 3.8) is 0 Å². The predicted octanol–water partition coefficient (Wildman–Crippen LogP) is 5.97. The van der Waals surface area contributed by atoms with E-state index < -0.39 is 5.54 Å². The Kier molecular flexibility index (Phi) is 7.14. The van der Waals surface area contributed by atoms with Crippen LogP contribution in [0, 0.1) is 6.92 Å². The molecule has 0 radical (unpaired) electrons. The SMILES string of the molecule is CC[C@@H](C)c1ccc(NC(=O)C2(NC(=O)Nc3ccc(C)cc3)CCCCC2)cc1. The first-order valence-corrected chi connectivity index (χ1v) is 11.0. The van der Waals surface area contributed by atoms with Gasteiger partial charge in [-0.05, 0) is 61.9 Å². The van der Waals surface area contributed by atoms with Gasteiger partial charge in [0.05, 0.1) is 0 Å². The molecular formula is C25H33N3O2. The zero-order valence-corrected chi connectivity index (χ0v) is 18.3. The number of hydrogen-bond donors (Lipinski definition) is 3. The number of benzene rings is 2. The summed E-state index contributed by atoms with van der Waals surface area (Å²) in [5.41, 5.74) is 2.98. The summed E-state index contributed by atoms with van der Waals surface area (Å²) < 4.78 is 0. The summed E-state index contributed by atoms with van der Waals surface area (Å²) in [5, 5.41) is 8.88. The van der Waals surface area contributed by atoms with E-state index in [4.69, 9.17) is 0 Å². The Hall–Kier alpha value is -2.82. The van der Waals surface area contributed by atoms with Gasteiger partial charge >= 0.3 is 6.03 Å². The number of aryl methyl sites for hydroxylation is 1. The third-order valence-corrected chi connectivity index (χ3v) is 6.15. The van der Waals surface area contributed by atoms with E-state index in [2.05, 4.69) is 41.9 Å². The highest BCUT2D eigenvalue weighted by Crippen LogP contribution is 2.30. The summed E-state index contributed by atoms with van der Waals surface area (Å²) in [6, 6.07) is 15.3. The molecule has 160 valence electrons. The summed E-state index contributed by atoms with van der Waals surface area (Å²) in [6.07, 6.45) is 5.29. The Bertz CT molecular complexity index is 853. The third-order valence-electron chi connectivity index (χ3n) is 6.15. The maximum atomic E-state index is 13.2. The second-order valence-corrected chi connectivity index (χ2v) is 8.47. The maximum absolute atomic E-state index is 13.2. The summed E-state index contributed by atoms with van der Waals surface area (Å²) in [4.78, 5) is 25.9. The van der Waals surface area contributed by atoms with Crippen molar-refractivity contribution in [2.24, 2.45) is 0 Å². The van der Waals surface area contributed by atoms with E-state index in [1.54, 1.807) is 0 Å². The zero-order valence-electron chi connectivity index (χ0n) is 18.3. The van der Waals surface area contributed by atoms with Crippen molar-refractivity contribution >= 4 is 23.3 Å². The first-order chi connectivity index (χ1) is 14.4. The molecule has 3 rings (SSSR count). The molecule has 3 N–H and O–H groups in total. The van der Waals surface area contributed by atoms with Crippen LogP contribution in [-0.2, 0) is 4.79 Å². The lowest BCUT2D eigenvalue weighted by atomic mass is 9.81. The molecule has 1 fully saturated rings. The van der Waals surface area contributed by atoms with Gasteiger partial charge in [0.2, 0.25) is 5.91 Å². The van der Waals surface area contributed by atoms with Crippen molar-refractivity contribution < 1.29 is 9.59 Å². The van der Waals surface area contributed by atoms with Gasteiger partial charge in [-0.2, -0.15) is 0 Å². The van der Waals surface area contributed by atoms with Gasteiger partial charge in [0, 0.05) is 11.4 Å². The molecule has 5 heteroatoms. The van der Waals surface area contributed by atoms with E-state index in [-0.39, 0.29) is 11.9 Å². The van der Waals surface area contributed by atoms with E-state index in [0.29, 0.717) is 24.4 Å². The average molecular weight is 408 g/mol. The number of carbonyl (C=O) groups is 2. The van der Waals surface area contributed by atoms with Gasteiger partial charge in [-0.15, -0.1) is 0 Å². The minimum atomic E-state index is -0.886. The lowest BCUT2D eigenvalue weighted by molar-refractivity contribution is -0.123. The number of rotatable bonds is 6. The quantitative estimate of drug-likeness (QED) is 0.552. The standard InChI is InChI=1S/C25H33N3O2/c1-4-19(3)20-10-14-21(15-11-20)26-23(29)25(16-6-5-7-17-25)28-24(30)27-22-12-8-18(2)9-13-22/h8-15,19H,4-7,16-17H2,1-3H3,(H,26,29)(H2,27,28,30)/t19-/m1/s1. The van der Waals surface area contributed by atoms with Crippen LogP contribution in [0.25, 0.3) is 0 Å². The highest BCUT2D eigenvalue weighted by Gasteiger charge is 2.41. The highest BCUT2D eigenvalue weighted by molar-refractivity contribution is 6.02. The molecular weight excluding hydrogens is 374 g/mol. The van der Waals surface area contributed by atoms with Crippen molar-refractivity contribution in [1.29, 1.82) is 0 Å². The molecule has 3 amide bonds. The number of nitrogens with one attached hydrogen (secondary N) is 3. The van der Waals surface area contributed by atoms with Crippen molar-refractivity contribution in [2.75, 3.05) is 10.6 Å². The molecule has 0 aliphatic heterocycles. The maximum Gasteiger partial charge on any atom is 0.320 e. The van der Waals surface area contributed by atoms with Crippen molar-refractivity contribution in [3.05, 3.63) is 59.7 Å². The molecule has 0 unspecified atom stereocenters. The number of hydrogen-bond acceptors (Lipinski definition) is 2. The number of urea groups is 1. The summed E-state index contributed by atoms with van der Waals surface area (Å²) >= 11 is 0. The largest absolute Gasteiger partial charge is 0.324 e. The second-order valence-electron chi connectivity index (χ2n) is 8.47.